The highest BCUT2D eigenvalue weighted by Crippen LogP contribution is 2.22. The summed E-state index contributed by atoms with van der Waals surface area (Å²) < 4.78 is 3.12. The molecule has 2 aromatic rings. The molecule has 0 aliphatic heterocycles. The Bertz CT molecular complexity index is 733. The lowest BCUT2D eigenvalue weighted by Crippen LogP contribution is -2.39. The van der Waals surface area contributed by atoms with E-state index in [1.165, 1.54) is 37.7 Å². The fourth-order valence-corrected chi connectivity index (χ4v) is 3.91. The summed E-state index contributed by atoms with van der Waals surface area (Å²) in [7, 11) is 0. The highest BCUT2D eigenvalue weighted by atomic mass is 79.9. The van der Waals surface area contributed by atoms with Crippen LogP contribution in [-0.4, -0.2) is 20.9 Å². The van der Waals surface area contributed by atoms with Crippen LogP contribution in [-0.2, 0) is 6.54 Å². The molecule has 3 rings (SSSR count). The van der Waals surface area contributed by atoms with Crippen LogP contribution in [0.25, 0.3) is 0 Å². The van der Waals surface area contributed by atoms with Gasteiger partial charge in [0, 0.05) is 10.5 Å². The summed E-state index contributed by atoms with van der Waals surface area (Å²) in [6.07, 6.45) is 6.36. The molecule has 0 bridgehead atoms. The molecule has 0 saturated heterocycles. The van der Waals surface area contributed by atoms with E-state index in [9.17, 15) is 0 Å². The number of thiocarbonyl (C=S) groups is 1. The maximum atomic E-state index is 5.52. The Kier molecular flexibility index (Phi) is 6.12. The van der Waals surface area contributed by atoms with Crippen LogP contribution in [0.5, 0.6) is 0 Å². The van der Waals surface area contributed by atoms with Gasteiger partial charge in [-0.25, -0.2) is 0 Å². The molecule has 0 spiro atoms. The van der Waals surface area contributed by atoms with Crippen LogP contribution in [0.15, 0.2) is 28.7 Å². The van der Waals surface area contributed by atoms with Gasteiger partial charge in [-0.05, 0) is 56.6 Å². The number of benzene rings is 1. The second-order valence-electron chi connectivity index (χ2n) is 6.76. The number of hydrogen-bond donors (Lipinski definition) is 2. The van der Waals surface area contributed by atoms with E-state index in [1.807, 2.05) is 11.6 Å². The average Bonchev–Trinajstić information content (AvgIpc) is 2.85. The van der Waals surface area contributed by atoms with Crippen molar-refractivity contribution in [2.75, 3.05) is 5.32 Å². The van der Waals surface area contributed by atoms with Crippen molar-refractivity contribution < 1.29 is 0 Å². The Hall–Kier alpha value is -1.40. The predicted octanol–water partition coefficient (Wildman–Crippen LogP) is 4.93. The van der Waals surface area contributed by atoms with Gasteiger partial charge in [-0.3, -0.25) is 4.68 Å². The number of aromatic nitrogens is 2. The molecule has 1 fully saturated rings. The molecular weight excluding hydrogens is 396 g/mol. The molecular formula is C19H25BrN4S. The molecule has 2 N–H and O–H groups in total. The van der Waals surface area contributed by atoms with Crippen molar-refractivity contribution in [1.82, 2.24) is 15.1 Å². The topological polar surface area (TPSA) is 41.9 Å². The molecule has 1 aromatic heterocycles. The van der Waals surface area contributed by atoms with Crippen LogP contribution >= 0.6 is 28.1 Å². The van der Waals surface area contributed by atoms with Crippen molar-refractivity contribution in [3.63, 3.8) is 0 Å². The lowest BCUT2D eigenvalue weighted by atomic mass is 9.96. The molecule has 4 nitrogen and oxygen atoms in total. The molecule has 134 valence electrons. The number of nitrogens with one attached hydrogen (secondary N) is 2. The molecule has 1 aromatic carbocycles. The van der Waals surface area contributed by atoms with E-state index < -0.39 is 0 Å². The van der Waals surface area contributed by atoms with Crippen molar-refractivity contribution >= 4 is 38.9 Å². The van der Waals surface area contributed by atoms with Gasteiger partial charge in [-0.2, -0.15) is 5.10 Å². The van der Waals surface area contributed by atoms with Crippen LogP contribution in [0, 0.1) is 13.8 Å². The van der Waals surface area contributed by atoms with Crippen LogP contribution < -0.4 is 10.6 Å². The molecule has 1 heterocycles. The van der Waals surface area contributed by atoms with E-state index in [1.54, 1.807) is 0 Å². The number of rotatable bonds is 4. The summed E-state index contributed by atoms with van der Waals surface area (Å²) >= 11 is 9.00. The normalized spacial score (nSPS) is 15.2. The van der Waals surface area contributed by atoms with Gasteiger partial charge in [-0.15, -0.1) is 0 Å². The summed E-state index contributed by atoms with van der Waals surface area (Å²) in [5, 5.41) is 12.2. The first-order chi connectivity index (χ1) is 12.0. The van der Waals surface area contributed by atoms with Gasteiger partial charge in [0.15, 0.2) is 5.11 Å². The maximum absolute atomic E-state index is 5.52. The van der Waals surface area contributed by atoms with Crippen LogP contribution in [0.4, 0.5) is 5.69 Å². The van der Waals surface area contributed by atoms with Gasteiger partial charge in [0.05, 0.1) is 23.6 Å². The zero-order valence-corrected chi connectivity index (χ0v) is 17.2. The average molecular weight is 421 g/mol. The van der Waals surface area contributed by atoms with Gasteiger partial charge in [0.2, 0.25) is 0 Å². The SMILES string of the molecule is Cc1nn(Cc2ccc(Br)cc2)c(C)c1NC(=S)NC1CCCCC1. The highest BCUT2D eigenvalue weighted by Gasteiger charge is 2.17. The highest BCUT2D eigenvalue weighted by molar-refractivity contribution is 9.10. The van der Waals surface area contributed by atoms with Crippen molar-refractivity contribution in [2.45, 2.75) is 58.5 Å². The standard InChI is InChI=1S/C19H25BrN4S/c1-13-18(22-19(25)21-17-6-4-3-5-7-17)14(2)24(23-13)12-15-8-10-16(20)11-9-15/h8-11,17H,3-7,12H2,1-2H3,(H2,21,22,25). The molecule has 0 amide bonds. The molecule has 1 saturated carbocycles. The van der Waals surface area contributed by atoms with E-state index in [4.69, 9.17) is 12.2 Å². The largest absolute Gasteiger partial charge is 0.360 e. The molecule has 1 aliphatic carbocycles. The first kappa shape index (κ1) is 18.4. The maximum Gasteiger partial charge on any atom is 0.171 e. The van der Waals surface area contributed by atoms with Crippen molar-refractivity contribution in [3.8, 4) is 0 Å². The van der Waals surface area contributed by atoms with E-state index in [-0.39, 0.29) is 0 Å². The van der Waals surface area contributed by atoms with Gasteiger partial charge in [-0.1, -0.05) is 47.3 Å². The quantitative estimate of drug-likeness (QED) is 0.687. The van der Waals surface area contributed by atoms with E-state index in [0.717, 1.165) is 28.1 Å². The van der Waals surface area contributed by atoms with E-state index in [0.29, 0.717) is 11.2 Å². The molecule has 1 aliphatic rings. The Morgan fingerprint density at radius 3 is 2.56 bits per heavy atom. The molecule has 0 atom stereocenters. The lowest BCUT2D eigenvalue weighted by molar-refractivity contribution is 0.415. The minimum Gasteiger partial charge on any atom is -0.360 e. The number of halogens is 1. The third-order valence-corrected chi connectivity index (χ3v) is 5.55. The Morgan fingerprint density at radius 2 is 1.88 bits per heavy atom. The fraction of sp³-hybridized carbons (Fsp3) is 0.474. The Labute approximate surface area is 163 Å². The first-order valence-corrected chi connectivity index (χ1v) is 10.1. The summed E-state index contributed by atoms with van der Waals surface area (Å²) in [5.74, 6) is 0. The lowest BCUT2D eigenvalue weighted by Gasteiger charge is -2.24. The number of nitrogens with zero attached hydrogens (tertiary/aromatic N) is 2. The summed E-state index contributed by atoms with van der Waals surface area (Å²) in [5.41, 5.74) is 4.32. The minimum atomic E-state index is 0.507. The van der Waals surface area contributed by atoms with Crippen molar-refractivity contribution in [3.05, 3.63) is 45.7 Å². The Balaban J connectivity index is 1.66. The smallest absolute Gasteiger partial charge is 0.171 e. The number of hydrogen-bond acceptors (Lipinski definition) is 2. The van der Waals surface area contributed by atoms with Crippen molar-refractivity contribution in [1.29, 1.82) is 0 Å². The van der Waals surface area contributed by atoms with Crippen LogP contribution in [0.2, 0.25) is 0 Å². The summed E-state index contributed by atoms with van der Waals surface area (Å²) in [4.78, 5) is 0. The van der Waals surface area contributed by atoms with E-state index >= 15 is 0 Å². The first-order valence-electron chi connectivity index (χ1n) is 8.89. The number of aryl methyl sites for hydroxylation is 1. The third kappa shape index (κ3) is 4.82. The van der Waals surface area contributed by atoms with Gasteiger partial charge < -0.3 is 10.6 Å². The molecule has 25 heavy (non-hydrogen) atoms. The predicted molar refractivity (Wildman–Crippen MR) is 111 cm³/mol. The molecule has 0 radical (unpaired) electrons. The fourth-order valence-electron chi connectivity index (χ4n) is 3.38. The third-order valence-electron chi connectivity index (χ3n) is 4.81. The van der Waals surface area contributed by atoms with Crippen LogP contribution in [0.3, 0.4) is 0 Å². The second kappa shape index (κ2) is 8.32. The van der Waals surface area contributed by atoms with Crippen molar-refractivity contribution in [2.24, 2.45) is 0 Å². The monoisotopic (exact) mass is 420 g/mol. The minimum absolute atomic E-state index is 0.507. The molecule has 6 heteroatoms. The second-order valence-corrected chi connectivity index (χ2v) is 8.09. The van der Waals surface area contributed by atoms with Gasteiger partial charge in [0.25, 0.3) is 0 Å². The zero-order chi connectivity index (χ0) is 17.8. The molecule has 0 unspecified atom stereocenters. The zero-order valence-electron chi connectivity index (χ0n) is 14.8. The van der Waals surface area contributed by atoms with Gasteiger partial charge >= 0.3 is 0 Å². The van der Waals surface area contributed by atoms with E-state index in [2.05, 4.69) is 62.9 Å². The van der Waals surface area contributed by atoms with Crippen LogP contribution in [0.1, 0.15) is 49.1 Å². The summed E-state index contributed by atoms with van der Waals surface area (Å²) in [6, 6.07) is 8.85. The Morgan fingerprint density at radius 1 is 1.20 bits per heavy atom. The number of anilines is 1. The van der Waals surface area contributed by atoms with Gasteiger partial charge in [0.1, 0.15) is 0 Å². The summed E-state index contributed by atoms with van der Waals surface area (Å²) in [6.45, 7) is 4.87.